The van der Waals surface area contributed by atoms with Crippen LogP contribution in [0.4, 0.5) is 0 Å². The van der Waals surface area contributed by atoms with Crippen LogP contribution in [0.2, 0.25) is 0 Å². The summed E-state index contributed by atoms with van der Waals surface area (Å²) >= 11 is 0. The molecular formula is C11H17NO2. The third-order valence-electron chi connectivity index (χ3n) is 5.11. The molecule has 0 aromatic heterocycles. The predicted octanol–water partition coefficient (Wildman–Crippen LogP) is 0.229. The summed E-state index contributed by atoms with van der Waals surface area (Å²) in [5.41, 5.74) is 0.634. The lowest BCUT2D eigenvalue weighted by Gasteiger charge is -2.88. The van der Waals surface area contributed by atoms with Crippen LogP contribution >= 0.6 is 0 Å². The van der Waals surface area contributed by atoms with Crippen LogP contribution in [0, 0.1) is 11.3 Å². The lowest BCUT2D eigenvalue weighted by atomic mass is 9.36. The minimum absolute atomic E-state index is 0.326. The first-order valence-electron chi connectivity index (χ1n) is 5.80. The monoisotopic (exact) mass is 195 g/mol. The van der Waals surface area contributed by atoms with Crippen LogP contribution < -0.4 is 0 Å². The van der Waals surface area contributed by atoms with Gasteiger partial charge in [0.15, 0.2) is 0 Å². The number of aliphatic hydroxyl groups is 1. The second-order valence-corrected chi connectivity index (χ2v) is 5.60. The van der Waals surface area contributed by atoms with Crippen LogP contribution in [0.5, 0.6) is 0 Å². The summed E-state index contributed by atoms with van der Waals surface area (Å²) in [6, 6.07) is 1.64. The van der Waals surface area contributed by atoms with Crippen molar-refractivity contribution in [3.05, 3.63) is 0 Å². The van der Waals surface area contributed by atoms with Crippen molar-refractivity contribution >= 4 is 0 Å². The molecule has 0 aromatic rings. The first-order chi connectivity index (χ1) is 6.78. The summed E-state index contributed by atoms with van der Waals surface area (Å²) in [7, 11) is 0. The highest BCUT2D eigenvalue weighted by atomic mass is 16.5. The standard InChI is InChI=1S/C11H17NO2/c1-6(5-13)4-12-7-2-9-11(7)8(12)3-10(11)14-9/h6-10,13H,2-5H2,1H3/t6-,7?,8?,9?,10?,11?/m1/s1. The molecule has 2 saturated heterocycles. The van der Waals surface area contributed by atoms with E-state index in [-0.39, 0.29) is 0 Å². The van der Waals surface area contributed by atoms with Crippen molar-refractivity contribution in [3.8, 4) is 0 Å². The Labute approximate surface area is 84.0 Å². The highest BCUT2D eigenvalue weighted by molar-refractivity contribution is 5.37. The molecule has 2 aliphatic carbocycles. The maximum Gasteiger partial charge on any atom is 0.0705 e. The first kappa shape index (κ1) is 8.08. The fraction of sp³-hybridized carbons (Fsp3) is 1.00. The number of nitrogens with zero attached hydrogens (tertiary/aromatic N) is 1. The molecule has 0 aromatic carbocycles. The lowest BCUT2D eigenvalue weighted by Crippen LogP contribution is -2.98. The molecule has 2 heterocycles. The van der Waals surface area contributed by atoms with Crippen LogP contribution in [-0.4, -0.2) is 47.4 Å². The Balaban J connectivity index is 1.48. The lowest BCUT2D eigenvalue weighted by molar-refractivity contribution is -0.474. The Morgan fingerprint density at radius 3 is 2.57 bits per heavy atom. The van der Waals surface area contributed by atoms with Gasteiger partial charge in [-0.1, -0.05) is 6.92 Å². The van der Waals surface area contributed by atoms with Gasteiger partial charge in [-0.3, -0.25) is 4.90 Å². The summed E-state index contributed by atoms with van der Waals surface area (Å²) < 4.78 is 5.73. The normalized spacial score (nSPS) is 59.6. The van der Waals surface area contributed by atoms with Gasteiger partial charge in [0, 0.05) is 25.2 Å². The number of piperidine rings is 2. The van der Waals surface area contributed by atoms with E-state index in [0.717, 1.165) is 18.6 Å². The fourth-order valence-corrected chi connectivity index (χ4v) is 4.31. The van der Waals surface area contributed by atoms with Gasteiger partial charge in [-0.2, -0.15) is 0 Å². The first-order valence-corrected chi connectivity index (χ1v) is 5.80. The zero-order valence-corrected chi connectivity index (χ0v) is 8.52. The van der Waals surface area contributed by atoms with E-state index in [0.29, 0.717) is 30.1 Å². The summed E-state index contributed by atoms with van der Waals surface area (Å²) in [4.78, 5) is 2.62. The number of aliphatic hydroxyl groups excluding tert-OH is 1. The number of rotatable bonds is 3. The van der Waals surface area contributed by atoms with Crippen LogP contribution in [0.25, 0.3) is 0 Å². The van der Waals surface area contributed by atoms with Gasteiger partial charge in [0.1, 0.15) is 0 Å². The van der Waals surface area contributed by atoms with E-state index < -0.39 is 0 Å². The van der Waals surface area contributed by atoms with Gasteiger partial charge in [0.05, 0.1) is 17.6 Å². The van der Waals surface area contributed by atoms with Crippen molar-refractivity contribution in [3.63, 3.8) is 0 Å². The van der Waals surface area contributed by atoms with Gasteiger partial charge in [-0.15, -0.1) is 0 Å². The molecule has 2 saturated carbocycles. The maximum atomic E-state index is 9.05. The maximum absolute atomic E-state index is 9.05. The molecule has 4 aliphatic rings. The zero-order valence-electron chi connectivity index (χ0n) is 8.52. The van der Waals surface area contributed by atoms with Crippen molar-refractivity contribution in [2.24, 2.45) is 11.3 Å². The molecular weight excluding hydrogens is 178 g/mol. The SMILES string of the molecule is C[C@@H](CO)CN1C2CC3OC4CC1C342. The Hall–Kier alpha value is -0.120. The molecule has 1 N–H and O–H groups in total. The van der Waals surface area contributed by atoms with Crippen molar-refractivity contribution in [2.75, 3.05) is 13.2 Å². The van der Waals surface area contributed by atoms with Gasteiger partial charge in [0.25, 0.3) is 0 Å². The molecule has 5 atom stereocenters. The highest BCUT2D eigenvalue weighted by Crippen LogP contribution is 2.75. The van der Waals surface area contributed by atoms with Crippen LogP contribution in [0.1, 0.15) is 19.8 Å². The molecule has 1 spiro atoms. The number of hydrogen-bond donors (Lipinski definition) is 1. The Morgan fingerprint density at radius 1 is 1.43 bits per heavy atom. The molecule has 78 valence electrons. The van der Waals surface area contributed by atoms with E-state index in [9.17, 15) is 0 Å². The molecule has 3 heteroatoms. The van der Waals surface area contributed by atoms with E-state index in [4.69, 9.17) is 9.84 Å². The third-order valence-corrected chi connectivity index (χ3v) is 5.11. The van der Waals surface area contributed by atoms with Gasteiger partial charge in [0.2, 0.25) is 0 Å². The molecule has 14 heavy (non-hydrogen) atoms. The second-order valence-electron chi connectivity index (χ2n) is 5.60. The van der Waals surface area contributed by atoms with E-state index in [1.54, 1.807) is 0 Å². The molecule has 3 nitrogen and oxygen atoms in total. The molecule has 4 unspecified atom stereocenters. The summed E-state index contributed by atoms with van der Waals surface area (Å²) in [5.74, 6) is 0.437. The Morgan fingerprint density at radius 2 is 2.07 bits per heavy atom. The van der Waals surface area contributed by atoms with E-state index >= 15 is 0 Å². The highest BCUT2D eigenvalue weighted by Gasteiger charge is 2.86. The minimum atomic E-state index is 0.326. The summed E-state index contributed by atoms with van der Waals surface area (Å²) in [6.45, 7) is 3.55. The molecule has 2 aliphatic heterocycles. The smallest absolute Gasteiger partial charge is 0.0705 e. The average molecular weight is 195 g/mol. The quantitative estimate of drug-likeness (QED) is 0.699. The molecule has 4 fully saturated rings. The molecule has 0 amide bonds. The van der Waals surface area contributed by atoms with Crippen molar-refractivity contribution in [1.82, 2.24) is 4.90 Å². The molecule has 0 radical (unpaired) electrons. The fourth-order valence-electron chi connectivity index (χ4n) is 4.31. The zero-order chi connectivity index (χ0) is 9.50. The largest absolute Gasteiger partial charge is 0.396 e. The summed E-state index contributed by atoms with van der Waals surface area (Å²) in [6.07, 6.45) is 3.75. The van der Waals surface area contributed by atoms with Gasteiger partial charge in [-0.25, -0.2) is 0 Å². The third kappa shape index (κ3) is 0.565. The average Bonchev–Trinajstić information content (AvgIpc) is 2.07. The van der Waals surface area contributed by atoms with E-state index in [1.165, 1.54) is 12.8 Å². The molecule has 0 bridgehead atoms. The predicted molar refractivity (Wildman–Crippen MR) is 50.9 cm³/mol. The minimum Gasteiger partial charge on any atom is -0.396 e. The van der Waals surface area contributed by atoms with Gasteiger partial charge in [-0.05, 0) is 18.8 Å². The van der Waals surface area contributed by atoms with Gasteiger partial charge < -0.3 is 9.84 Å². The number of ether oxygens (including phenoxy) is 1. The van der Waals surface area contributed by atoms with Gasteiger partial charge >= 0.3 is 0 Å². The second kappa shape index (κ2) is 2.18. The van der Waals surface area contributed by atoms with Crippen molar-refractivity contribution < 1.29 is 9.84 Å². The Bertz CT molecular complexity index is 271. The molecule has 4 rings (SSSR count). The number of likely N-dealkylation sites (tertiary alicyclic amines) is 1. The number of hydrogen-bond acceptors (Lipinski definition) is 3. The van der Waals surface area contributed by atoms with Crippen molar-refractivity contribution in [2.45, 2.75) is 44.1 Å². The summed E-state index contributed by atoms with van der Waals surface area (Å²) in [5, 5.41) is 9.05. The van der Waals surface area contributed by atoms with Crippen molar-refractivity contribution in [1.29, 1.82) is 0 Å². The van der Waals surface area contributed by atoms with E-state index in [1.807, 2.05) is 0 Å². The topological polar surface area (TPSA) is 32.7 Å². The Kier molecular flexibility index (Phi) is 1.26. The van der Waals surface area contributed by atoms with Crippen LogP contribution in [0.3, 0.4) is 0 Å². The van der Waals surface area contributed by atoms with E-state index in [2.05, 4.69) is 11.8 Å². The van der Waals surface area contributed by atoms with Crippen LogP contribution in [0.15, 0.2) is 0 Å². The van der Waals surface area contributed by atoms with Crippen LogP contribution in [-0.2, 0) is 4.74 Å².